The van der Waals surface area contributed by atoms with E-state index in [2.05, 4.69) is 98.1 Å². The number of aliphatic hydroxyl groups excluding tert-OH is 4. The Morgan fingerprint density at radius 2 is 1.15 bits per heavy atom. The van der Waals surface area contributed by atoms with E-state index in [0.29, 0.717) is 72.0 Å². The molecule has 0 aliphatic heterocycles. The molecule has 0 spiro atoms. The molecular formula is C55H88O5. The second-order valence-corrected chi connectivity index (χ2v) is 22.4. The summed E-state index contributed by atoms with van der Waals surface area (Å²) in [6.45, 7) is 28.8. The molecule has 6 rings (SSSR count). The smallest absolute Gasteiger partial charge is 0.0811 e. The Kier molecular flexibility index (Phi) is 16.9. The standard InChI is InChI=1S/C28H44O2.C27H44O3/c1-18(2)19(3)9-10-20(4)25-13-14-26-22(8-7-15-28(25,26)6)11-12-23-16-24(29)17-27(30)21(23)5;1-18(8-6-14-26(3,4)30)23-12-13-24-20(9-7-15-27(23,24)5)10-11-21-16-22(28)17-25(29)19(21)2/h9-12,18-20,24-27,29-30H,5,7-8,13-17H2,1-4,6H3;10-11,18,22-25,28-30H,2,6-9,12-17H2,1,3-5H3/b10-9+,22-11+,23-12-;20-10+,21-11-/t19-,20+,24+,25+,26-,27-,28+;18-,22-,23-,24+,25+,27-/m01/s1. The molecule has 0 amide bonds. The van der Waals surface area contributed by atoms with Crippen molar-refractivity contribution in [3.05, 3.63) is 83.1 Å². The maximum absolute atomic E-state index is 10.1. The molecule has 6 aliphatic carbocycles. The Morgan fingerprint density at radius 1 is 0.683 bits per heavy atom. The Balaban J connectivity index is 0.000000228. The number of hydrogen-bond acceptors (Lipinski definition) is 5. The molecule has 338 valence electrons. The molecule has 5 N–H and O–H groups in total. The van der Waals surface area contributed by atoms with Gasteiger partial charge in [0.1, 0.15) is 0 Å². The van der Waals surface area contributed by atoms with Crippen molar-refractivity contribution in [2.75, 3.05) is 0 Å². The highest BCUT2D eigenvalue weighted by molar-refractivity contribution is 5.40. The van der Waals surface area contributed by atoms with Crippen LogP contribution in [0.3, 0.4) is 0 Å². The summed E-state index contributed by atoms with van der Waals surface area (Å²) in [7, 11) is 0. The van der Waals surface area contributed by atoms with Crippen LogP contribution >= 0.6 is 0 Å². The maximum Gasteiger partial charge on any atom is 0.0811 e. The predicted octanol–water partition coefficient (Wildman–Crippen LogP) is 12.3. The fraction of sp³-hybridized carbons (Fsp3) is 0.745. The van der Waals surface area contributed by atoms with Crippen LogP contribution in [0.5, 0.6) is 0 Å². The van der Waals surface area contributed by atoms with Crippen molar-refractivity contribution in [3.8, 4) is 0 Å². The second-order valence-electron chi connectivity index (χ2n) is 22.4. The molecule has 6 saturated carbocycles. The zero-order valence-corrected chi connectivity index (χ0v) is 39.6. The van der Waals surface area contributed by atoms with Gasteiger partial charge in [0.15, 0.2) is 0 Å². The van der Waals surface area contributed by atoms with Crippen LogP contribution in [-0.2, 0) is 0 Å². The monoisotopic (exact) mass is 829 g/mol. The normalized spacial score (nSPS) is 39.3. The first kappa shape index (κ1) is 49.0. The number of fused-ring (bicyclic) bond motifs is 2. The predicted molar refractivity (Wildman–Crippen MR) is 251 cm³/mol. The Labute approximate surface area is 367 Å². The van der Waals surface area contributed by atoms with Gasteiger partial charge in [-0.05, 0) is 178 Å². The van der Waals surface area contributed by atoms with Crippen molar-refractivity contribution in [2.24, 2.45) is 58.2 Å². The number of rotatable bonds is 11. The lowest BCUT2D eigenvalue weighted by Gasteiger charge is -2.44. The molecule has 5 nitrogen and oxygen atoms in total. The first-order chi connectivity index (χ1) is 28.1. The number of allylic oxidation sites excluding steroid dienone is 8. The summed E-state index contributed by atoms with van der Waals surface area (Å²) in [6.07, 6.45) is 29.6. The van der Waals surface area contributed by atoms with Gasteiger partial charge in [-0.15, -0.1) is 0 Å². The van der Waals surface area contributed by atoms with E-state index in [1.807, 2.05) is 13.8 Å². The van der Waals surface area contributed by atoms with Gasteiger partial charge in [0, 0.05) is 12.8 Å². The van der Waals surface area contributed by atoms with Crippen molar-refractivity contribution in [2.45, 2.75) is 201 Å². The van der Waals surface area contributed by atoms with Gasteiger partial charge in [0.05, 0.1) is 30.0 Å². The molecule has 6 aliphatic rings. The van der Waals surface area contributed by atoms with Crippen molar-refractivity contribution >= 4 is 0 Å². The highest BCUT2D eigenvalue weighted by atomic mass is 16.3. The van der Waals surface area contributed by atoms with Gasteiger partial charge in [-0.2, -0.15) is 0 Å². The summed E-state index contributed by atoms with van der Waals surface area (Å²) in [5, 5.41) is 50.4. The van der Waals surface area contributed by atoms with E-state index in [1.165, 1.54) is 70.6 Å². The highest BCUT2D eigenvalue weighted by Gasteiger charge is 2.51. The van der Waals surface area contributed by atoms with Crippen LogP contribution in [-0.4, -0.2) is 55.5 Å². The second kappa shape index (κ2) is 20.7. The van der Waals surface area contributed by atoms with Gasteiger partial charge < -0.3 is 25.5 Å². The van der Waals surface area contributed by atoms with E-state index in [0.717, 1.165) is 47.0 Å². The molecule has 0 aromatic rings. The first-order valence-electron chi connectivity index (χ1n) is 24.4. The van der Waals surface area contributed by atoms with Crippen molar-refractivity contribution < 1.29 is 25.5 Å². The van der Waals surface area contributed by atoms with Crippen LogP contribution in [0.1, 0.15) is 171 Å². The van der Waals surface area contributed by atoms with Crippen molar-refractivity contribution in [1.82, 2.24) is 0 Å². The average Bonchev–Trinajstić information content (AvgIpc) is 3.72. The number of aliphatic hydroxyl groups is 5. The van der Waals surface area contributed by atoms with E-state index in [4.69, 9.17) is 0 Å². The summed E-state index contributed by atoms with van der Waals surface area (Å²) in [6, 6.07) is 0. The summed E-state index contributed by atoms with van der Waals surface area (Å²) >= 11 is 0. The van der Waals surface area contributed by atoms with Gasteiger partial charge in [0.25, 0.3) is 0 Å². The lowest BCUT2D eigenvalue weighted by molar-refractivity contribution is 0.0596. The minimum absolute atomic E-state index is 0.374. The molecule has 5 heteroatoms. The quantitative estimate of drug-likeness (QED) is 0.134. The van der Waals surface area contributed by atoms with Crippen LogP contribution in [0, 0.1) is 58.2 Å². The molecule has 0 radical (unpaired) electrons. The van der Waals surface area contributed by atoms with Crippen molar-refractivity contribution in [1.29, 1.82) is 0 Å². The lowest BCUT2D eigenvalue weighted by Crippen LogP contribution is -2.36. The minimum atomic E-state index is -0.615. The summed E-state index contributed by atoms with van der Waals surface area (Å²) < 4.78 is 0. The zero-order chi connectivity index (χ0) is 44.2. The zero-order valence-electron chi connectivity index (χ0n) is 39.6. The Morgan fingerprint density at radius 3 is 1.62 bits per heavy atom. The molecule has 0 aromatic carbocycles. The van der Waals surface area contributed by atoms with Gasteiger partial charge in [0.2, 0.25) is 0 Å². The van der Waals surface area contributed by atoms with Gasteiger partial charge in [-0.3, -0.25) is 0 Å². The molecule has 0 heterocycles. The van der Waals surface area contributed by atoms with Crippen LogP contribution in [0.15, 0.2) is 83.1 Å². The van der Waals surface area contributed by atoms with Crippen LogP contribution in [0.25, 0.3) is 0 Å². The third-order valence-electron chi connectivity index (χ3n) is 17.1. The van der Waals surface area contributed by atoms with E-state index in [9.17, 15) is 25.5 Å². The molecule has 0 unspecified atom stereocenters. The van der Waals surface area contributed by atoms with E-state index in [-0.39, 0.29) is 0 Å². The van der Waals surface area contributed by atoms with Gasteiger partial charge in [-0.25, -0.2) is 0 Å². The van der Waals surface area contributed by atoms with Crippen LogP contribution < -0.4 is 0 Å². The number of hydrogen-bond donors (Lipinski definition) is 5. The third kappa shape index (κ3) is 11.8. The minimum Gasteiger partial charge on any atom is -0.393 e. The fourth-order valence-corrected chi connectivity index (χ4v) is 13.1. The molecule has 6 fully saturated rings. The Bertz CT molecular complexity index is 1630. The van der Waals surface area contributed by atoms with Crippen LogP contribution in [0.2, 0.25) is 0 Å². The molecular weight excluding hydrogens is 741 g/mol. The SMILES string of the molecule is C=C1/C(=C\C=C2/CCC[C@]3(C)[C@@H]([C@H](C)/C=C/[C@H](C)C(C)C)CC[C@@H]23)C[C@@H](O)C[C@@H]1O.C=C1/C(=C\C=C2/CCC[C@]3(C)[C@@H]([C@H](C)CCCC(C)(C)O)CC[C@@H]23)C[C@@H](O)C[C@@H]1O. The van der Waals surface area contributed by atoms with E-state index < -0.39 is 30.0 Å². The van der Waals surface area contributed by atoms with Crippen molar-refractivity contribution in [3.63, 3.8) is 0 Å². The molecule has 60 heavy (non-hydrogen) atoms. The average molecular weight is 829 g/mol. The van der Waals surface area contributed by atoms with E-state index in [1.54, 1.807) is 11.1 Å². The van der Waals surface area contributed by atoms with Crippen LogP contribution in [0.4, 0.5) is 0 Å². The summed E-state index contributed by atoms with van der Waals surface area (Å²) in [5.74, 6) is 5.49. The lowest BCUT2D eigenvalue weighted by atomic mass is 9.60. The topological polar surface area (TPSA) is 101 Å². The first-order valence-corrected chi connectivity index (χ1v) is 24.4. The maximum atomic E-state index is 10.1. The molecule has 0 bridgehead atoms. The van der Waals surface area contributed by atoms with E-state index >= 15 is 0 Å². The summed E-state index contributed by atoms with van der Waals surface area (Å²) in [4.78, 5) is 0. The Hall–Kier alpha value is -2.02. The van der Waals surface area contributed by atoms with Gasteiger partial charge >= 0.3 is 0 Å². The largest absolute Gasteiger partial charge is 0.393 e. The third-order valence-corrected chi connectivity index (χ3v) is 17.1. The summed E-state index contributed by atoms with van der Waals surface area (Å²) in [5.41, 5.74) is 6.94. The fourth-order valence-electron chi connectivity index (χ4n) is 13.1. The molecule has 0 saturated heterocycles. The molecule has 0 aromatic heterocycles. The van der Waals surface area contributed by atoms with Gasteiger partial charge in [-0.1, -0.05) is 122 Å². The highest BCUT2D eigenvalue weighted by Crippen LogP contribution is 2.61. The molecule has 13 atom stereocenters.